The van der Waals surface area contributed by atoms with E-state index in [4.69, 9.17) is 15.2 Å². The summed E-state index contributed by atoms with van der Waals surface area (Å²) >= 11 is 0. The smallest absolute Gasteiger partial charge is 0.310 e. The van der Waals surface area contributed by atoms with Gasteiger partial charge in [0.15, 0.2) is 0 Å². The number of rotatable bonds is 5. The lowest BCUT2D eigenvalue weighted by molar-refractivity contribution is -0.139. The van der Waals surface area contributed by atoms with Crippen molar-refractivity contribution in [1.82, 2.24) is 0 Å². The van der Waals surface area contributed by atoms with Crippen LogP contribution in [-0.2, 0) is 16.0 Å². The Morgan fingerprint density at radius 2 is 2.04 bits per heavy atom. The molecule has 2 rings (SSSR count). The number of hydrogen-bond acceptors (Lipinski definition) is 5. The highest BCUT2D eigenvalue weighted by molar-refractivity contribution is 5.77. The summed E-state index contributed by atoms with van der Waals surface area (Å²) in [5.74, 6) is 1.03. The molecule has 0 aliphatic heterocycles. The third-order valence-corrected chi connectivity index (χ3v) is 4.76. The van der Waals surface area contributed by atoms with Crippen molar-refractivity contribution in [3.05, 3.63) is 17.7 Å². The Morgan fingerprint density at radius 1 is 1.33 bits per heavy atom. The molecule has 1 aromatic rings. The van der Waals surface area contributed by atoms with Gasteiger partial charge in [-0.3, -0.25) is 4.79 Å². The highest BCUT2D eigenvalue weighted by Gasteiger charge is 2.32. The number of carbonyl (C=O) groups excluding carboxylic acids is 1. The van der Waals surface area contributed by atoms with Gasteiger partial charge in [0.25, 0.3) is 0 Å². The van der Waals surface area contributed by atoms with Crippen LogP contribution in [0.25, 0.3) is 0 Å². The SMILES string of the molecule is COC(=O)Cc1cc(N)c(N[C@H]2C[C@@H](C)CC(C)(C)C2)cc1OC. The molecule has 0 unspecified atom stereocenters. The molecule has 5 heteroatoms. The fourth-order valence-corrected chi connectivity index (χ4v) is 4.00. The third kappa shape index (κ3) is 4.56. The van der Waals surface area contributed by atoms with Crippen LogP contribution in [-0.4, -0.2) is 26.2 Å². The highest BCUT2D eigenvalue weighted by atomic mass is 16.5. The molecule has 0 spiro atoms. The first-order valence-electron chi connectivity index (χ1n) is 8.54. The molecule has 0 aromatic heterocycles. The lowest BCUT2D eigenvalue weighted by Crippen LogP contribution is -2.35. The zero-order chi connectivity index (χ0) is 17.9. The minimum atomic E-state index is -0.309. The van der Waals surface area contributed by atoms with Crippen molar-refractivity contribution in [2.45, 2.75) is 52.5 Å². The Hall–Kier alpha value is -1.91. The summed E-state index contributed by atoms with van der Waals surface area (Å²) in [5.41, 5.74) is 8.79. The van der Waals surface area contributed by atoms with Crippen LogP contribution in [0.4, 0.5) is 11.4 Å². The number of carbonyl (C=O) groups is 1. The molecule has 0 saturated heterocycles. The summed E-state index contributed by atoms with van der Waals surface area (Å²) in [7, 11) is 2.97. The van der Waals surface area contributed by atoms with E-state index in [2.05, 4.69) is 26.1 Å². The van der Waals surface area contributed by atoms with Gasteiger partial charge in [0.2, 0.25) is 0 Å². The maximum absolute atomic E-state index is 11.5. The Labute approximate surface area is 144 Å². The van der Waals surface area contributed by atoms with Crippen molar-refractivity contribution in [2.24, 2.45) is 11.3 Å². The largest absolute Gasteiger partial charge is 0.496 e. The number of nitrogens with two attached hydrogens (primary N) is 1. The van der Waals surface area contributed by atoms with Gasteiger partial charge in [0.1, 0.15) is 5.75 Å². The fraction of sp³-hybridized carbons (Fsp3) is 0.632. The van der Waals surface area contributed by atoms with Gasteiger partial charge < -0.3 is 20.5 Å². The van der Waals surface area contributed by atoms with Crippen LogP contribution in [0.2, 0.25) is 0 Å². The number of benzene rings is 1. The van der Waals surface area contributed by atoms with Gasteiger partial charge in [-0.1, -0.05) is 20.8 Å². The number of hydrogen-bond donors (Lipinski definition) is 2. The van der Waals surface area contributed by atoms with Crippen LogP contribution in [0.15, 0.2) is 12.1 Å². The number of methoxy groups -OCH3 is 2. The first-order valence-corrected chi connectivity index (χ1v) is 8.54. The number of ether oxygens (including phenoxy) is 2. The van der Waals surface area contributed by atoms with Gasteiger partial charge in [0, 0.05) is 17.7 Å². The molecule has 2 atom stereocenters. The second kappa shape index (κ2) is 7.32. The quantitative estimate of drug-likeness (QED) is 0.635. The minimum Gasteiger partial charge on any atom is -0.496 e. The molecule has 134 valence electrons. The maximum atomic E-state index is 11.5. The Bertz CT molecular complexity index is 599. The second-order valence-electron chi connectivity index (χ2n) is 7.76. The van der Waals surface area contributed by atoms with Gasteiger partial charge in [-0.25, -0.2) is 0 Å². The average molecular weight is 334 g/mol. The highest BCUT2D eigenvalue weighted by Crippen LogP contribution is 2.40. The van der Waals surface area contributed by atoms with Crippen molar-refractivity contribution < 1.29 is 14.3 Å². The Morgan fingerprint density at radius 3 is 2.62 bits per heavy atom. The predicted molar refractivity (Wildman–Crippen MR) is 97.3 cm³/mol. The van der Waals surface area contributed by atoms with Gasteiger partial charge in [-0.2, -0.15) is 0 Å². The van der Waals surface area contributed by atoms with Crippen molar-refractivity contribution in [3.63, 3.8) is 0 Å². The lowest BCUT2D eigenvalue weighted by atomic mass is 9.70. The summed E-state index contributed by atoms with van der Waals surface area (Å²) in [6.45, 7) is 6.94. The molecule has 1 aromatic carbocycles. The molecular formula is C19H30N2O3. The van der Waals surface area contributed by atoms with E-state index in [-0.39, 0.29) is 12.4 Å². The Balaban J connectivity index is 2.20. The summed E-state index contributed by atoms with van der Waals surface area (Å²) < 4.78 is 10.2. The third-order valence-electron chi connectivity index (χ3n) is 4.76. The fourth-order valence-electron chi connectivity index (χ4n) is 4.00. The van der Waals surface area contributed by atoms with Crippen LogP contribution in [0, 0.1) is 11.3 Å². The van der Waals surface area contributed by atoms with Crippen molar-refractivity contribution in [2.75, 3.05) is 25.3 Å². The molecule has 3 N–H and O–H groups in total. The molecule has 1 aliphatic rings. The van der Waals surface area contributed by atoms with E-state index >= 15 is 0 Å². The minimum absolute atomic E-state index is 0.150. The van der Waals surface area contributed by atoms with Crippen LogP contribution >= 0.6 is 0 Å². The van der Waals surface area contributed by atoms with Gasteiger partial charge in [-0.05, 0) is 36.7 Å². The summed E-state index contributed by atoms with van der Waals surface area (Å²) in [6.07, 6.45) is 3.65. The monoisotopic (exact) mass is 334 g/mol. The van der Waals surface area contributed by atoms with Crippen molar-refractivity contribution >= 4 is 17.3 Å². The van der Waals surface area contributed by atoms with Crippen molar-refractivity contribution in [3.8, 4) is 5.75 Å². The van der Waals surface area contributed by atoms with Crippen LogP contribution < -0.4 is 15.8 Å². The maximum Gasteiger partial charge on any atom is 0.310 e. The first kappa shape index (κ1) is 18.4. The summed E-state index contributed by atoms with van der Waals surface area (Å²) in [5, 5.41) is 3.58. The topological polar surface area (TPSA) is 73.6 Å². The van der Waals surface area contributed by atoms with Crippen LogP contribution in [0.3, 0.4) is 0 Å². The van der Waals surface area contributed by atoms with Gasteiger partial charge >= 0.3 is 5.97 Å². The van der Waals surface area contributed by atoms with Crippen LogP contribution in [0.5, 0.6) is 5.75 Å². The Kier molecular flexibility index (Phi) is 5.62. The average Bonchev–Trinajstić information content (AvgIpc) is 2.47. The lowest BCUT2D eigenvalue weighted by Gasteiger charge is -2.39. The summed E-state index contributed by atoms with van der Waals surface area (Å²) in [6, 6.07) is 4.08. The van der Waals surface area contributed by atoms with E-state index < -0.39 is 0 Å². The van der Waals surface area contributed by atoms with Gasteiger partial charge in [-0.15, -0.1) is 0 Å². The van der Waals surface area contributed by atoms with E-state index in [1.807, 2.05) is 6.07 Å². The molecular weight excluding hydrogens is 304 g/mol. The molecule has 0 bridgehead atoms. The molecule has 1 fully saturated rings. The molecule has 0 heterocycles. The molecule has 5 nitrogen and oxygen atoms in total. The molecule has 1 saturated carbocycles. The molecule has 24 heavy (non-hydrogen) atoms. The molecule has 0 amide bonds. The second-order valence-corrected chi connectivity index (χ2v) is 7.76. The van der Waals surface area contributed by atoms with Gasteiger partial charge in [0.05, 0.1) is 32.0 Å². The van der Waals surface area contributed by atoms with E-state index in [0.717, 1.165) is 24.1 Å². The number of anilines is 2. The molecule has 0 radical (unpaired) electrons. The number of esters is 1. The zero-order valence-corrected chi connectivity index (χ0v) is 15.4. The van der Waals surface area contributed by atoms with E-state index in [0.29, 0.717) is 28.8 Å². The summed E-state index contributed by atoms with van der Waals surface area (Å²) in [4.78, 5) is 11.5. The first-order chi connectivity index (χ1) is 11.2. The van der Waals surface area contributed by atoms with E-state index in [9.17, 15) is 4.79 Å². The van der Waals surface area contributed by atoms with Crippen LogP contribution in [0.1, 0.15) is 45.6 Å². The molecule has 1 aliphatic carbocycles. The van der Waals surface area contributed by atoms with E-state index in [1.54, 1.807) is 13.2 Å². The standard InChI is InChI=1S/C19H30N2O3/c1-12-6-14(11-19(2,3)10-12)21-16-9-17(23-4)13(7-15(16)20)8-18(22)24-5/h7,9,12,14,21H,6,8,10-11,20H2,1-5H3/t12-,14+/m1/s1. The number of nitrogens with one attached hydrogen (secondary N) is 1. The normalized spacial score (nSPS) is 22.7. The number of nitrogen functional groups attached to an aromatic ring is 1. The predicted octanol–water partition coefficient (Wildman–Crippen LogP) is 3.62. The zero-order valence-electron chi connectivity index (χ0n) is 15.4. The van der Waals surface area contributed by atoms with E-state index in [1.165, 1.54) is 13.5 Å². The van der Waals surface area contributed by atoms with Crippen molar-refractivity contribution in [1.29, 1.82) is 0 Å².